The summed E-state index contributed by atoms with van der Waals surface area (Å²) in [4.78, 5) is 23.0. The van der Waals surface area contributed by atoms with E-state index in [2.05, 4.69) is 10.6 Å². The first kappa shape index (κ1) is 12.4. The maximum Gasteiger partial charge on any atom is 0.326 e. The van der Waals surface area contributed by atoms with Crippen LogP contribution in [0.25, 0.3) is 0 Å². The molecule has 5 nitrogen and oxygen atoms in total. The first-order valence-corrected chi connectivity index (χ1v) is 6.41. The van der Waals surface area contributed by atoms with E-state index >= 15 is 0 Å². The molecule has 0 saturated carbocycles. The van der Waals surface area contributed by atoms with Crippen molar-refractivity contribution in [1.82, 2.24) is 10.6 Å². The lowest BCUT2D eigenvalue weighted by Gasteiger charge is -2.22. The molecule has 2 aliphatic rings. The molecule has 0 aromatic carbocycles. The summed E-state index contributed by atoms with van der Waals surface area (Å²) in [5.74, 6) is -1.06. The normalized spacial score (nSPS) is 32.4. The van der Waals surface area contributed by atoms with Gasteiger partial charge < -0.3 is 15.7 Å². The van der Waals surface area contributed by atoms with Gasteiger partial charge in [-0.25, -0.2) is 4.79 Å². The number of carboxylic acid groups (broad SMARTS) is 1. The minimum absolute atomic E-state index is 0.0348. The largest absolute Gasteiger partial charge is 0.480 e. The highest BCUT2D eigenvalue weighted by Crippen LogP contribution is 2.33. The first-order valence-electron chi connectivity index (χ1n) is 6.41. The van der Waals surface area contributed by atoms with Gasteiger partial charge in [0.2, 0.25) is 5.91 Å². The third-order valence-corrected chi connectivity index (χ3v) is 3.83. The second kappa shape index (κ2) is 5.04. The van der Waals surface area contributed by atoms with Gasteiger partial charge in [-0.3, -0.25) is 4.79 Å². The van der Waals surface area contributed by atoms with Crippen LogP contribution in [0.15, 0.2) is 0 Å². The average molecular weight is 240 g/mol. The molecule has 2 saturated heterocycles. The van der Waals surface area contributed by atoms with Crippen molar-refractivity contribution in [2.75, 3.05) is 0 Å². The van der Waals surface area contributed by atoms with Gasteiger partial charge in [0.25, 0.3) is 0 Å². The molecule has 4 atom stereocenters. The van der Waals surface area contributed by atoms with Gasteiger partial charge in [-0.2, -0.15) is 0 Å². The van der Waals surface area contributed by atoms with Crippen LogP contribution in [-0.4, -0.2) is 35.1 Å². The van der Waals surface area contributed by atoms with Gasteiger partial charge in [0, 0.05) is 12.1 Å². The van der Waals surface area contributed by atoms with Gasteiger partial charge in [-0.05, 0) is 25.7 Å². The number of fused-ring (bicyclic) bond motifs is 2. The molecule has 3 N–H and O–H groups in total. The summed E-state index contributed by atoms with van der Waals surface area (Å²) in [5, 5.41) is 15.0. The summed E-state index contributed by atoms with van der Waals surface area (Å²) >= 11 is 0. The number of carboxylic acids is 1. The maximum absolute atomic E-state index is 12.0. The van der Waals surface area contributed by atoms with Crippen molar-refractivity contribution in [2.45, 2.75) is 57.2 Å². The third kappa shape index (κ3) is 2.60. The number of hydrogen-bond donors (Lipinski definition) is 3. The molecule has 2 rings (SSSR count). The van der Waals surface area contributed by atoms with Crippen LogP contribution in [0.2, 0.25) is 0 Å². The zero-order valence-corrected chi connectivity index (χ0v) is 10.1. The van der Waals surface area contributed by atoms with Gasteiger partial charge in [0.1, 0.15) is 6.04 Å². The predicted molar refractivity (Wildman–Crippen MR) is 62.5 cm³/mol. The summed E-state index contributed by atoms with van der Waals surface area (Å²) in [6.45, 7) is 1.92. The maximum atomic E-state index is 12.0. The summed E-state index contributed by atoms with van der Waals surface area (Å²) in [7, 11) is 0. The Bertz CT molecular complexity index is 319. The Kier molecular flexibility index (Phi) is 3.66. The molecule has 0 spiro atoms. The van der Waals surface area contributed by atoms with Gasteiger partial charge in [-0.1, -0.05) is 13.3 Å². The summed E-state index contributed by atoms with van der Waals surface area (Å²) in [6.07, 6.45) is 4.29. The van der Waals surface area contributed by atoms with Crippen LogP contribution in [0.1, 0.15) is 39.0 Å². The molecule has 0 aliphatic carbocycles. The monoisotopic (exact) mass is 240 g/mol. The van der Waals surface area contributed by atoms with Gasteiger partial charge in [-0.15, -0.1) is 0 Å². The number of carbonyl (C=O) groups is 2. The van der Waals surface area contributed by atoms with Crippen molar-refractivity contribution in [3.05, 3.63) is 0 Å². The van der Waals surface area contributed by atoms with E-state index in [1.807, 2.05) is 6.92 Å². The molecule has 1 amide bonds. The van der Waals surface area contributed by atoms with Crippen molar-refractivity contribution in [3.8, 4) is 0 Å². The molecule has 2 aliphatic heterocycles. The molecular weight excluding hydrogens is 220 g/mol. The highest BCUT2D eigenvalue weighted by atomic mass is 16.4. The van der Waals surface area contributed by atoms with Gasteiger partial charge in [0.15, 0.2) is 0 Å². The molecule has 0 radical (unpaired) electrons. The molecular formula is C12H20N2O3. The van der Waals surface area contributed by atoms with Gasteiger partial charge in [0.05, 0.1) is 5.92 Å². The number of aliphatic carboxylic acids is 1. The second-order valence-electron chi connectivity index (χ2n) is 5.08. The number of hydrogen-bond acceptors (Lipinski definition) is 3. The van der Waals surface area contributed by atoms with Crippen molar-refractivity contribution in [3.63, 3.8) is 0 Å². The van der Waals surface area contributed by atoms with Crippen LogP contribution in [0.4, 0.5) is 0 Å². The quantitative estimate of drug-likeness (QED) is 0.653. The predicted octanol–water partition coefficient (Wildman–Crippen LogP) is 0.496. The highest BCUT2D eigenvalue weighted by Gasteiger charge is 2.43. The van der Waals surface area contributed by atoms with E-state index in [1.165, 1.54) is 0 Å². The number of rotatable bonds is 5. The lowest BCUT2D eigenvalue weighted by molar-refractivity contribution is -0.142. The zero-order chi connectivity index (χ0) is 12.4. The lowest BCUT2D eigenvalue weighted by atomic mass is 9.88. The summed E-state index contributed by atoms with van der Waals surface area (Å²) in [5.41, 5.74) is 0. The van der Waals surface area contributed by atoms with Crippen LogP contribution in [-0.2, 0) is 9.59 Å². The van der Waals surface area contributed by atoms with E-state index in [-0.39, 0.29) is 17.9 Å². The van der Waals surface area contributed by atoms with Crippen LogP contribution < -0.4 is 10.6 Å². The zero-order valence-electron chi connectivity index (χ0n) is 10.1. The van der Waals surface area contributed by atoms with E-state index < -0.39 is 12.0 Å². The van der Waals surface area contributed by atoms with E-state index in [1.54, 1.807) is 0 Å². The Morgan fingerprint density at radius 3 is 2.71 bits per heavy atom. The lowest BCUT2D eigenvalue weighted by Crippen LogP contribution is -2.46. The number of carbonyl (C=O) groups excluding carboxylic acids is 1. The van der Waals surface area contributed by atoms with Crippen LogP contribution >= 0.6 is 0 Å². The smallest absolute Gasteiger partial charge is 0.326 e. The molecule has 96 valence electrons. The van der Waals surface area contributed by atoms with Crippen LogP contribution in [0, 0.1) is 5.92 Å². The van der Waals surface area contributed by atoms with E-state index in [0.717, 1.165) is 25.7 Å². The van der Waals surface area contributed by atoms with Gasteiger partial charge >= 0.3 is 5.97 Å². The van der Waals surface area contributed by atoms with E-state index in [0.29, 0.717) is 12.5 Å². The summed E-state index contributed by atoms with van der Waals surface area (Å²) in [6, 6.07) is -0.00657. The average Bonchev–Trinajstić information content (AvgIpc) is 2.89. The molecule has 0 aromatic rings. The number of amides is 1. The Labute approximate surface area is 101 Å². The fourth-order valence-corrected chi connectivity index (χ4v) is 2.94. The minimum Gasteiger partial charge on any atom is -0.480 e. The molecule has 2 heterocycles. The van der Waals surface area contributed by atoms with Crippen molar-refractivity contribution >= 4 is 11.9 Å². The highest BCUT2D eigenvalue weighted by molar-refractivity contribution is 5.85. The fourth-order valence-electron chi connectivity index (χ4n) is 2.94. The van der Waals surface area contributed by atoms with E-state index in [9.17, 15) is 9.59 Å². The van der Waals surface area contributed by atoms with Crippen molar-refractivity contribution in [1.29, 1.82) is 0 Å². The third-order valence-electron chi connectivity index (χ3n) is 3.83. The minimum atomic E-state index is -0.934. The SMILES string of the molecule is CCC[C@@H](NC(=O)C1CC2CCC1N2)C(=O)O. The molecule has 17 heavy (non-hydrogen) atoms. The first-order chi connectivity index (χ1) is 8.11. The Morgan fingerprint density at radius 1 is 1.47 bits per heavy atom. The molecule has 5 heteroatoms. The van der Waals surface area contributed by atoms with Crippen molar-refractivity contribution < 1.29 is 14.7 Å². The topological polar surface area (TPSA) is 78.4 Å². The second-order valence-corrected chi connectivity index (χ2v) is 5.08. The fraction of sp³-hybridized carbons (Fsp3) is 0.833. The Hall–Kier alpha value is -1.10. The Balaban J connectivity index is 1.89. The molecule has 3 unspecified atom stereocenters. The van der Waals surface area contributed by atoms with Crippen molar-refractivity contribution in [2.24, 2.45) is 5.92 Å². The standard InChI is InChI=1S/C12H20N2O3/c1-2-3-10(12(16)17)14-11(15)8-6-7-4-5-9(8)13-7/h7-10,13H,2-6H2,1H3,(H,14,15)(H,16,17)/t7?,8?,9?,10-/m1/s1. The van der Waals surface area contributed by atoms with Crippen LogP contribution in [0.5, 0.6) is 0 Å². The summed E-state index contributed by atoms with van der Waals surface area (Å²) < 4.78 is 0. The van der Waals surface area contributed by atoms with E-state index in [4.69, 9.17) is 5.11 Å². The number of nitrogens with one attached hydrogen (secondary N) is 2. The molecule has 2 fully saturated rings. The molecule has 0 aromatic heterocycles. The molecule has 2 bridgehead atoms. The Morgan fingerprint density at radius 2 is 2.24 bits per heavy atom. The van der Waals surface area contributed by atoms with Crippen LogP contribution in [0.3, 0.4) is 0 Å².